The first-order valence-corrected chi connectivity index (χ1v) is 11.0. The number of hydrogen-bond donors (Lipinski definition) is 2. The Morgan fingerprint density at radius 1 is 1.14 bits per heavy atom. The predicted molar refractivity (Wildman–Crippen MR) is 110 cm³/mol. The number of thioether (sulfide) groups is 1. The van der Waals surface area contributed by atoms with Gasteiger partial charge in [-0.05, 0) is 36.4 Å². The van der Waals surface area contributed by atoms with Crippen LogP contribution >= 0.6 is 34.4 Å². The smallest absolute Gasteiger partial charge is 0.257 e. The number of aromatic nitrogens is 3. The number of halogens is 1. The summed E-state index contributed by atoms with van der Waals surface area (Å²) >= 11 is 4.18. The van der Waals surface area contributed by atoms with Gasteiger partial charge in [0.15, 0.2) is 9.47 Å². The summed E-state index contributed by atoms with van der Waals surface area (Å²) in [5, 5.41) is 16.0. The van der Waals surface area contributed by atoms with Crippen LogP contribution in [0.4, 0.5) is 14.7 Å². The predicted octanol–water partition coefficient (Wildman–Crippen LogP) is 4.07. The Morgan fingerprint density at radius 3 is 2.68 bits per heavy atom. The van der Waals surface area contributed by atoms with Crippen LogP contribution in [0.5, 0.6) is 0 Å². The minimum atomic E-state index is -0.403. The third-order valence-corrected chi connectivity index (χ3v) is 6.07. The summed E-state index contributed by atoms with van der Waals surface area (Å²) in [5.74, 6) is -0.0445. The van der Waals surface area contributed by atoms with Gasteiger partial charge in [0.1, 0.15) is 5.82 Å². The molecule has 2 heterocycles. The van der Waals surface area contributed by atoms with E-state index in [9.17, 15) is 14.0 Å². The van der Waals surface area contributed by atoms with Crippen LogP contribution in [0.2, 0.25) is 0 Å². The number of rotatable bonds is 8. The second kappa shape index (κ2) is 9.71. The second-order valence-electron chi connectivity index (χ2n) is 5.46. The average Bonchev–Trinajstić information content (AvgIpc) is 3.30. The Morgan fingerprint density at radius 2 is 1.93 bits per heavy atom. The molecule has 0 atom stereocenters. The number of benzene rings is 1. The lowest BCUT2D eigenvalue weighted by Gasteiger charge is -2.01. The fourth-order valence-corrected chi connectivity index (χ4v) is 4.52. The molecule has 7 nitrogen and oxygen atoms in total. The van der Waals surface area contributed by atoms with E-state index in [0.29, 0.717) is 27.9 Å². The number of aryl methyl sites for hydroxylation is 1. The number of anilines is 2. The lowest BCUT2D eigenvalue weighted by molar-refractivity contribution is -0.116. The molecule has 0 fully saturated rings. The highest BCUT2D eigenvalue weighted by Gasteiger charge is 2.12. The first-order valence-electron chi connectivity index (χ1n) is 8.31. The average molecular weight is 438 g/mol. The maximum atomic E-state index is 12.9. The number of nitrogens with one attached hydrogen (secondary N) is 2. The molecule has 1 aromatic carbocycles. The quantitative estimate of drug-likeness (QED) is 0.407. The molecule has 3 aromatic rings. The Bertz CT molecular complexity index is 958. The lowest BCUT2D eigenvalue weighted by Crippen LogP contribution is -2.13. The molecule has 0 aliphatic rings. The van der Waals surface area contributed by atoms with Crippen LogP contribution in [0.1, 0.15) is 29.4 Å². The van der Waals surface area contributed by atoms with Crippen molar-refractivity contribution in [3.63, 3.8) is 0 Å². The van der Waals surface area contributed by atoms with E-state index < -0.39 is 5.82 Å². The first kappa shape index (κ1) is 20.4. The van der Waals surface area contributed by atoms with E-state index in [0.717, 1.165) is 10.1 Å². The van der Waals surface area contributed by atoms with Gasteiger partial charge >= 0.3 is 0 Å². The van der Waals surface area contributed by atoms with Crippen molar-refractivity contribution in [2.75, 3.05) is 16.4 Å². The van der Waals surface area contributed by atoms with E-state index in [1.807, 2.05) is 6.92 Å². The van der Waals surface area contributed by atoms with Crippen LogP contribution < -0.4 is 10.6 Å². The zero-order valence-corrected chi connectivity index (χ0v) is 17.2. The van der Waals surface area contributed by atoms with Crippen molar-refractivity contribution >= 4 is 56.5 Å². The van der Waals surface area contributed by atoms with E-state index in [1.54, 1.807) is 17.1 Å². The highest BCUT2D eigenvalue weighted by atomic mass is 32.2. The number of carbonyl (C=O) groups excluding carboxylic acids is 2. The van der Waals surface area contributed by atoms with Gasteiger partial charge in [0.25, 0.3) is 5.91 Å². The van der Waals surface area contributed by atoms with Gasteiger partial charge in [-0.25, -0.2) is 9.37 Å². The summed E-state index contributed by atoms with van der Waals surface area (Å²) in [5.41, 5.74) is 1.05. The topological polar surface area (TPSA) is 96.9 Å². The maximum absolute atomic E-state index is 12.9. The molecule has 2 aromatic heterocycles. The van der Waals surface area contributed by atoms with Gasteiger partial charge < -0.3 is 5.32 Å². The molecular weight excluding hydrogens is 421 g/mol. The Balaban J connectivity index is 1.48. The molecule has 0 radical (unpaired) electrons. The normalized spacial score (nSPS) is 10.6. The van der Waals surface area contributed by atoms with Gasteiger partial charge in [0.2, 0.25) is 11.0 Å². The van der Waals surface area contributed by atoms with Crippen LogP contribution in [0, 0.1) is 5.82 Å². The van der Waals surface area contributed by atoms with E-state index in [-0.39, 0.29) is 18.2 Å². The molecule has 0 aliphatic heterocycles. The number of amides is 2. The third-order valence-electron chi connectivity index (χ3n) is 3.41. The summed E-state index contributed by atoms with van der Waals surface area (Å²) in [6.07, 6.45) is 0.676. The summed E-state index contributed by atoms with van der Waals surface area (Å²) in [6.45, 7) is 2.02. The molecule has 3 rings (SSSR count). The van der Waals surface area contributed by atoms with E-state index in [1.165, 1.54) is 46.9 Å². The minimum Gasteiger partial charge on any atom is -0.300 e. The highest BCUT2D eigenvalue weighted by molar-refractivity contribution is 8.01. The molecular formula is C17H16FN5O2S3. The molecule has 0 aliphatic carbocycles. The van der Waals surface area contributed by atoms with Crippen molar-refractivity contribution in [3.8, 4) is 0 Å². The van der Waals surface area contributed by atoms with Gasteiger partial charge in [0.05, 0.1) is 5.69 Å². The standard InChI is InChI=1S/C17H16FN5O2S3/c1-2-26-17-23-22-16(28-17)20-13(24)8-7-12-9-27-15(19-12)21-14(25)10-3-5-11(18)6-4-10/h3-6,9H,2,7-8H2,1H3,(H,19,21,25)(H,20,22,24). The molecule has 28 heavy (non-hydrogen) atoms. The zero-order chi connectivity index (χ0) is 19.9. The highest BCUT2D eigenvalue weighted by Crippen LogP contribution is 2.25. The van der Waals surface area contributed by atoms with Crippen LogP contribution in [-0.2, 0) is 11.2 Å². The Hall–Kier alpha value is -2.37. The second-order valence-corrected chi connectivity index (χ2v) is 8.81. The zero-order valence-electron chi connectivity index (χ0n) is 14.8. The maximum Gasteiger partial charge on any atom is 0.257 e. The molecule has 0 saturated carbocycles. The molecule has 0 bridgehead atoms. The molecule has 0 unspecified atom stereocenters. The lowest BCUT2D eigenvalue weighted by atomic mass is 10.2. The SMILES string of the molecule is CCSc1nnc(NC(=O)CCc2csc(NC(=O)c3ccc(F)cc3)n2)s1. The van der Waals surface area contributed by atoms with Crippen molar-refractivity contribution in [2.24, 2.45) is 0 Å². The van der Waals surface area contributed by atoms with E-state index in [4.69, 9.17) is 0 Å². The molecule has 146 valence electrons. The van der Waals surface area contributed by atoms with Crippen LogP contribution in [-0.4, -0.2) is 32.7 Å². The van der Waals surface area contributed by atoms with Crippen LogP contribution in [0.3, 0.4) is 0 Å². The largest absolute Gasteiger partial charge is 0.300 e. The summed E-state index contributed by atoms with van der Waals surface area (Å²) in [4.78, 5) is 28.5. The summed E-state index contributed by atoms with van der Waals surface area (Å²) < 4.78 is 13.7. The van der Waals surface area contributed by atoms with Crippen LogP contribution in [0.25, 0.3) is 0 Å². The van der Waals surface area contributed by atoms with Crippen molar-refractivity contribution in [1.29, 1.82) is 0 Å². The Labute approximate surface area is 172 Å². The Kier molecular flexibility index (Phi) is 7.06. The van der Waals surface area contributed by atoms with Crippen molar-refractivity contribution in [2.45, 2.75) is 24.1 Å². The minimum absolute atomic E-state index is 0.172. The fourth-order valence-electron chi connectivity index (χ4n) is 2.12. The number of carbonyl (C=O) groups is 2. The van der Waals surface area contributed by atoms with Gasteiger partial charge in [-0.3, -0.25) is 14.9 Å². The van der Waals surface area contributed by atoms with Gasteiger partial charge in [-0.15, -0.1) is 21.5 Å². The summed E-state index contributed by atoms with van der Waals surface area (Å²) in [7, 11) is 0. The molecule has 0 saturated heterocycles. The van der Waals surface area contributed by atoms with Gasteiger partial charge in [-0.2, -0.15) is 0 Å². The van der Waals surface area contributed by atoms with Gasteiger partial charge in [-0.1, -0.05) is 30.0 Å². The van der Waals surface area contributed by atoms with Crippen molar-refractivity contribution < 1.29 is 14.0 Å². The monoisotopic (exact) mass is 437 g/mol. The third kappa shape index (κ3) is 5.81. The molecule has 11 heteroatoms. The molecule has 2 amide bonds. The summed E-state index contributed by atoms with van der Waals surface area (Å²) in [6, 6.07) is 5.26. The number of hydrogen-bond acceptors (Lipinski definition) is 8. The molecule has 0 spiro atoms. The fraction of sp³-hybridized carbons (Fsp3) is 0.235. The number of thiazole rings is 1. The number of nitrogens with zero attached hydrogens (tertiary/aromatic N) is 3. The van der Waals surface area contributed by atoms with Crippen molar-refractivity contribution in [3.05, 3.63) is 46.7 Å². The van der Waals surface area contributed by atoms with E-state index >= 15 is 0 Å². The van der Waals surface area contributed by atoms with Crippen LogP contribution in [0.15, 0.2) is 34.0 Å². The van der Waals surface area contributed by atoms with Crippen molar-refractivity contribution in [1.82, 2.24) is 15.2 Å². The van der Waals surface area contributed by atoms with Gasteiger partial charge in [0, 0.05) is 17.4 Å². The first-order chi connectivity index (χ1) is 13.5. The van der Waals surface area contributed by atoms with E-state index in [2.05, 4.69) is 25.8 Å². The molecule has 2 N–H and O–H groups in total.